The van der Waals surface area contributed by atoms with E-state index in [1.54, 1.807) is 20.8 Å². The lowest BCUT2D eigenvalue weighted by atomic mass is 10.0. The Morgan fingerprint density at radius 3 is 2.40 bits per heavy atom. The minimum Gasteiger partial charge on any atom is -0.501 e. The highest BCUT2D eigenvalue weighted by Crippen LogP contribution is 2.18. The predicted molar refractivity (Wildman–Crippen MR) is 69.1 cm³/mol. The van der Waals surface area contributed by atoms with Crippen LogP contribution in [0.2, 0.25) is 0 Å². The van der Waals surface area contributed by atoms with Crippen LogP contribution in [0.15, 0.2) is 11.3 Å². The van der Waals surface area contributed by atoms with E-state index >= 15 is 0 Å². The Bertz CT molecular complexity index is 460. The van der Waals surface area contributed by atoms with E-state index in [9.17, 15) is 19.5 Å². The molecule has 0 aromatic carbocycles. The fraction of sp³-hybridized carbons (Fsp3) is 0.615. The Hall–Kier alpha value is -2.05. The summed E-state index contributed by atoms with van der Waals surface area (Å²) in [6.45, 7) is 5.19. The highest BCUT2D eigenvalue weighted by atomic mass is 16.6. The first-order chi connectivity index (χ1) is 9.15. The number of hydrogen-bond donors (Lipinski definition) is 1. The van der Waals surface area contributed by atoms with Crippen molar-refractivity contribution in [2.75, 3.05) is 20.2 Å². The van der Waals surface area contributed by atoms with Crippen molar-refractivity contribution in [3.05, 3.63) is 11.3 Å². The number of aliphatic hydroxyl groups is 1. The number of amides is 1. The summed E-state index contributed by atoms with van der Waals surface area (Å²) in [5.41, 5.74) is -0.791. The molecule has 0 aromatic rings. The number of methoxy groups -OCH3 is 1. The number of hydrogen-bond acceptors (Lipinski definition) is 6. The fourth-order valence-corrected chi connectivity index (χ4v) is 1.65. The number of esters is 1. The van der Waals surface area contributed by atoms with Crippen LogP contribution in [-0.4, -0.2) is 53.7 Å². The summed E-state index contributed by atoms with van der Waals surface area (Å²) in [5.74, 6) is -2.14. The normalized spacial score (nSPS) is 18.6. The number of ether oxygens (including phenoxy) is 2. The van der Waals surface area contributed by atoms with Gasteiger partial charge in [-0.2, -0.15) is 0 Å². The van der Waals surface area contributed by atoms with E-state index in [1.165, 1.54) is 4.90 Å². The average molecular weight is 285 g/mol. The van der Waals surface area contributed by atoms with Crippen LogP contribution in [0.4, 0.5) is 4.79 Å². The molecular formula is C13H19NO6. The zero-order chi connectivity index (χ0) is 15.5. The summed E-state index contributed by atoms with van der Waals surface area (Å²) in [6.07, 6.45) is -0.574. The Balaban J connectivity index is 2.89. The van der Waals surface area contributed by atoms with Gasteiger partial charge < -0.3 is 19.5 Å². The minimum atomic E-state index is -1.00. The smallest absolute Gasteiger partial charge is 0.410 e. The molecule has 0 atom stereocenters. The molecule has 0 saturated carbocycles. The van der Waals surface area contributed by atoms with Gasteiger partial charge in [0.25, 0.3) is 0 Å². The molecule has 7 nitrogen and oxygen atoms in total. The molecule has 112 valence electrons. The summed E-state index contributed by atoms with van der Waals surface area (Å²) in [5, 5.41) is 9.65. The molecule has 0 unspecified atom stereocenters. The van der Waals surface area contributed by atoms with Gasteiger partial charge in [-0.3, -0.25) is 4.79 Å². The molecule has 1 aliphatic rings. The maximum Gasteiger partial charge on any atom is 0.410 e. The Kier molecular flexibility index (Phi) is 4.75. The van der Waals surface area contributed by atoms with Crippen molar-refractivity contribution in [2.24, 2.45) is 0 Å². The molecule has 7 heteroatoms. The molecule has 0 aromatic heterocycles. The number of carbonyl (C=O) groups is 3. The number of rotatable bonds is 1. The molecule has 1 aliphatic heterocycles. The summed E-state index contributed by atoms with van der Waals surface area (Å²) >= 11 is 0. The number of aliphatic hydroxyl groups excluding tert-OH is 1. The van der Waals surface area contributed by atoms with Crippen LogP contribution >= 0.6 is 0 Å². The third-order valence-corrected chi connectivity index (χ3v) is 2.61. The molecule has 1 N–H and O–H groups in total. The van der Waals surface area contributed by atoms with Gasteiger partial charge in [0.05, 0.1) is 19.2 Å². The van der Waals surface area contributed by atoms with Crippen LogP contribution in [0, 0.1) is 0 Å². The molecule has 1 heterocycles. The third-order valence-electron chi connectivity index (χ3n) is 2.61. The van der Waals surface area contributed by atoms with Gasteiger partial charge in [0.2, 0.25) is 5.76 Å². The van der Waals surface area contributed by atoms with Gasteiger partial charge in [-0.25, -0.2) is 9.59 Å². The van der Waals surface area contributed by atoms with Crippen molar-refractivity contribution in [1.29, 1.82) is 0 Å². The number of piperidine rings is 1. The predicted octanol–water partition coefficient (Wildman–Crippen LogP) is 1.18. The maximum atomic E-state index is 11.9. The summed E-state index contributed by atoms with van der Waals surface area (Å²) in [6, 6.07) is 0. The molecule has 0 radical (unpaired) electrons. The quantitative estimate of drug-likeness (QED) is 0.442. The van der Waals surface area contributed by atoms with Gasteiger partial charge in [-0.05, 0) is 20.8 Å². The molecule has 0 spiro atoms. The second kappa shape index (κ2) is 5.94. The number of likely N-dealkylation sites (tertiary alicyclic amines) is 1. The van der Waals surface area contributed by atoms with E-state index in [4.69, 9.17) is 4.74 Å². The summed E-state index contributed by atoms with van der Waals surface area (Å²) < 4.78 is 9.54. The van der Waals surface area contributed by atoms with E-state index in [0.29, 0.717) is 0 Å². The average Bonchev–Trinajstić information content (AvgIpc) is 2.35. The first-order valence-corrected chi connectivity index (χ1v) is 6.17. The number of nitrogens with zero attached hydrogens (tertiary/aromatic N) is 1. The van der Waals surface area contributed by atoms with E-state index in [2.05, 4.69) is 4.74 Å². The van der Waals surface area contributed by atoms with Gasteiger partial charge >= 0.3 is 12.1 Å². The first kappa shape index (κ1) is 16.0. The van der Waals surface area contributed by atoms with Crippen LogP contribution in [0.1, 0.15) is 27.2 Å². The fourth-order valence-electron chi connectivity index (χ4n) is 1.65. The van der Waals surface area contributed by atoms with Gasteiger partial charge in [0.15, 0.2) is 5.78 Å². The van der Waals surface area contributed by atoms with E-state index < -0.39 is 23.4 Å². The zero-order valence-corrected chi connectivity index (χ0v) is 12.1. The molecule has 1 fully saturated rings. The van der Waals surface area contributed by atoms with Crippen LogP contribution in [-0.2, 0) is 19.1 Å². The van der Waals surface area contributed by atoms with Crippen molar-refractivity contribution in [3.63, 3.8) is 0 Å². The monoisotopic (exact) mass is 285 g/mol. The van der Waals surface area contributed by atoms with E-state index in [0.717, 1.165) is 7.11 Å². The molecule has 0 bridgehead atoms. The number of ketones is 1. The molecule has 1 amide bonds. The lowest BCUT2D eigenvalue weighted by Crippen LogP contribution is -2.43. The molecular weight excluding hydrogens is 266 g/mol. The van der Waals surface area contributed by atoms with Gasteiger partial charge in [-0.1, -0.05) is 0 Å². The van der Waals surface area contributed by atoms with Crippen molar-refractivity contribution in [3.8, 4) is 0 Å². The Morgan fingerprint density at radius 2 is 1.90 bits per heavy atom. The topological polar surface area (TPSA) is 93.1 Å². The Labute approximate surface area is 117 Å². The number of carbonyl (C=O) groups excluding carboxylic acids is 3. The lowest BCUT2D eigenvalue weighted by Gasteiger charge is -2.30. The van der Waals surface area contributed by atoms with Gasteiger partial charge in [0.1, 0.15) is 5.60 Å². The van der Waals surface area contributed by atoms with Gasteiger partial charge in [-0.15, -0.1) is 0 Å². The Morgan fingerprint density at radius 1 is 1.30 bits per heavy atom. The third kappa shape index (κ3) is 3.97. The number of Topliss-reactive ketones (excluding diaryl/α,β-unsaturated/α-hetero) is 1. The lowest BCUT2D eigenvalue weighted by molar-refractivity contribution is -0.139. The maximum absolute atomic E-state index is 11.9. The standard InChI is InChI=1S/C13H19NO6/c1-13(2,3)20-12(18)14-6-5-9(15)8(7-14)10(16)11(17)19-4/h16H,5-7H2,1-4H3. The minimum absolute atomic E-state index is 0.0234. The molecule has 1 saturated heterocycles. The molecule has 1 rings (SSSR count). The van der Waals surface area contributed by atoms with E-state index in [-0.39, 0.29) is 30.9 Å². The largest absolute Gasteiger partial charge is 0.501 e. The highest BCUT2D eigenvalue weighted by Gasteiger charge is 2.32. The first-order valence-electron chi connectivity index (χ1n) is 6.17. The van der Waals surface area contributed by atoms with Crippen molar-refractivity contribution >= 4 is 17.8 Å². The van der Waals surface area contributed by atoms with Crippen LogP contribution < -0.4 is 0 Å². The zero-order valence-electron chi connectivity index (χ0n) is 12.1. The summed E-state index contributed by atoms with van der Waals surface area (Å²) in [7, 11) is 1.10. The van der Waals surface area contributed by atoms with Crippen molar-refractivity contribution < 1.29 is 29.0 Å². The second-order valence-electron chi connectivity index (χ2n) is 5.39. The van der Waals surface area contributed by atoms with Crippen LogP contribution in [0.5, 0.6) is 0 Å². The molecule has 20 heavy (non-hydrogen) atoms. The van der Waals surface area contributed by atoms with Crippen molar-refractivity contribution in [1.82, 2.24) is 4.90 Å². The molecule has 0 aliphatic carbocycles. The van der Waals surface area contributed by atoms with Crippen LogP contribution in [0.25, 0.3) is 0 Å². The van der Waals surface area contributed by atoms with Crippen molar-refractivity contribution in [2.45, 2.75) is 32.8 Å². The summed E-state index contributed by atoms with van der Waals surface area (Å²) in [4.78, 5) is 36.1. The van der Waals surface area contributed by atoms with Crippen LogP contribution in [0.3, 0.4) is 0 Å². The second-order valence-corrected chi connectivity index (χ2v) is 5.39. The van der Waals surface area contributed by atoms with Gasteiger partial charge in [0, 0.05) is 13.0 Å². The highest BCUT2D eigenvalue weighted by molar-refractivity contribution is 6.04. The SMILES string of the molecule is COC(=O)C(O)=C1CN(C(=O)OC(C)(C)C)CCC1=O. The van der Waals surface area contributed by atoms with E-state index in [1.807, 2.05) is 0 Å².